The molecule has 0 aromatic carbocycles. The summed E-state index contributed by atoms with van der Waals surface area (Å²) >= 11 is 0. The predicted molar refractivity (Wildman–Crippen MR) is 89.9 cm³/mol. The van der Waals surface area contributed by atoms with E-state index in [2.05, 4.69) is 0 Å². The molecule has 1 spiro atoms. The molecule has 1 heterocycles. The summed E-state index contributed by atoms with van der Waals surface area (Å²) in [5.74, 6) is -0.520. The molecule has 5 rings (SSSR count). The number of carbonyl (C=O) groups excluding carboxylic acids is 2. The molecule has 6 heteroatoms. The first kappa shape index (κ1) is 17.1. The molecule has 1 saturated heterocycles. The maximum Gasteiger partial charge on any atom is 0.312 e. The van der Waals surface area contributed by atoms with Crippen molar-refractivity contribution in [2.75, 3.05) is 6.61 Å². The van der Waals surface area contributed by atoms with Crippen LogP contribution in [-0.2, 0) is 14.3 Å². The van der Waals surface area contributed by atoms with Gasteiger partial charge < -0.3 is 20.1 Å². The topological polar surface area (TPSA) is 104 Å². The second kappa shape index (κ2) is 4.36. The quantitative estimate of drug-likeness (QED) is 0.602. The maximum absolute atomic E-state index is 13.5. The molecule has 7 atom stereocenters. The summed E-state index contributed by atoms with van der Waals surface area (Å²) in [6, 6.07) is 0. The van der Waals surface area contributed by atoms with Gasteiger partial charge in [-0.25, -0.2) is 0 Å². The second-order valence-corrected chi connectivity index (χ2v) is 10.1. The fourth-order valence-corrected chi connectivity index (χ4v) is 8.03. The van der Waals surface area contributed by atoms with Crippen molar-refractivity contribution in [2.45, 2.75) is 82.0 Å². The van der Waals surface area contributed by atoms with E-state index in [4.69, 9.17) is 4.74 Å². The molecule has 0 radical (unpaired) electrons. The lowest BCUT2D eigenvalue weighted by molar-refractivity contribution is -0.233. The second-order valence-electron chi connectivity index (χ2n) is 10.1. The SMILES string of the molecule is C[C@]12CC[C@]3(O)C[C@@]1(CC[C@@H]1[C@@]4(C)CCC[C@]12OC4=O)C(=O)[C@]3(O)CO. The van der Waals surface area contributed by atoms with Crippen molar-refractivity contribution in [3.8, 4) is 0 Å². The van der Waals surface area contributed by atoms with Crippen LogP contribution < -0.4 is 0 Å². The molecule has 1 aliphatic heterocycles. The average molecular weight is 364 g/mol. The number of ketones is 1. The zero-order chi connectivity index (χ0) is 18.8. The van der Waals surface area contributed by atoms with Crippen LogP contribution in [0.15, 0.2) is 0 Å². The molecule has 26 heavy (non-hydrogen) atoms. The molecule has 4 aliphatic carbocycles. The molecule has 6 nitrogen and oxygen atoms in total. The Morgan fingerprint density at radius 3 is 2.50 bits per heavy atom. The Morgan fingerprint density at radius 2 is 1.81 bits per heavy atom. The van der Waals surface area contributed by atoms with Gasteiger partial charge in [0.1, 0.15) is 11.2 Å². The van der Waals surface area contributed by atoms with E-state index in [1.54, 1.807) is 0 Å². The normalized spacial score (nSPS) is 60.4. The highest BCUT2D eigenvalue weighted by atomic mass is 16.6. The molecule has 0 amide bonds. The largest absolute Gasteiger partial charge is 0.458 e. The van der Waals surface area contributed by atoms with Gasteiger partial charge in [-0.1, -0.05) is 6.92 Å². The molecule has 0 aromatic heterocycles. The first-order valence-electron chi connectivity index (χ1n) is 9.89. The van der Waals surface area contributed by atoms with Crippen LogP contribution in [0.4, 0.5) is 0 Å². The van der Waals surface area contributed by atoms with E-state index in [1.165, 1.54) is 0 Å². The Bertz CT molecular complexity index is 736. The van der Waals surface area contributed by atoms with Gasteiger partial charge in [0.15, 0.2) is 11.4 Å². The predicted octanol–water partition coefficient (Wildman–Crippen LogP) is 1.10. The summed E-state index contributed by atoms with van der Waals surface area (Å²) in [7, 11) is 0. The van der Waals surface area contributed by atoms with E-state index in [-0.39, 0.29) is 24.7 Å². The molecular weight excluding hydrogens is 336 g/mol. The van der Waals surface area contributed by atoms with Crippen molar-refractivity contribution < 1.29 is 29.6 Å². The van der Waals surface area contributed by atoms with Crippen molar-refractivity contribution >= 4 is 11.8 Å². The highest BCUT2D eigenvalue weighted by molar-refractivity contribution is 5.98. The van der Waals surface area contributed by atoms with Crippen LogP contribution in [0.25, 0.3) is 0 Å². The highest BCUT2D eigenvalue weighted by Gasteiger charge is 2.84. The van der Waals surface area contributed by atoms with Crippen molar-refractivity contribution in [3.05, 3.63) is 0 Å². The highest BCUT2D eigenvalue weighted by Crippen LogP contribution is 2.77. The minimum Gasteiger partial charge on any atom is -0.458 e. The summed E-state index contributed by atoms with van der Waals surface area (Å²) in [5.41, 5.74) is -6.48. The Balaban J connectivity index is 1.72. The zero-order valence-corrected chi connectivity index (χ0v) is 15.5. The first-order chi connectivity index (χ1) is 12.1. The first-order valence-corrected chi connectivity index (χ1v) is 9.89. The lowest BCUT2D eigenvalue weighted by Crippen LogP contribution is -2.67. The minimum absolute atomic E-state index is 0.0775. The van der Waals surface area contributed by atoms with Gasteiger partial charge in [-0.15, -0.1) is 0 Å². The standard InChI is InChI=1S/C20H28O6/c1-15-5-3-6-20(26-14(15)23)12(15)4-7-17-10-18(24,9-8-16(17,20)2)19(25,11-21)13(17)22/h12,21,24-25H,3-11H2,1-2H3/t12-,15-,16+,17+,18+,19-,20+/m1/s1. The van der Waals surface area contributed by atoms with Gasteiger partial charge in [0, 0.05) is 16.7 Å². The third-order valence-electron chi connectivity index (χ3n) is 9.61. The van der Waals surface area contributed by atoms with Gasteiger partial charge in [-0.3, -0.25) is 9.59 Å². The number of rotatable bonds is 1. The number of hydrogen-bond acceptors (Lipinski definition) is 6. The van der Waals surface area contributed by atoms with Crippen LogP contribution in [0.2, 0.25) is 0 Å². The number of ether oxygens (including phenoxy) is 1. The number of hydrogen-bond donors (Lipinski definition) is 3. The van der Waals surface area contributed by atoms with Crippen LogP contribution in [0.1, 0.15) is 65.2 Å². The monoisotopic (exact) mass is 364 g/mol. The van der Waals surface area contributed by atoms with Crippen LogP contribution in [0, 0.1) is 22.2 Å². The fourth-order valence-electron chi connectivity index (χ4n) is 8.03. The number of fused-ring (bicyclic) bond motifs is 1. The molecule has 4 saturated carbocycles. The van der Waals surface area contributed by atoms with Crippen molar-refractivity contribution in [3.63, 3.8) is 0 Å². The number of carbonyl (C=O) groups is 2. The molecule has 5 fully saturated rings. The van der Waals surface area contributed by atoms with Crippen LogP contribution in [-0.4, -0.2) is 50.5 Å². The lowest BCUT2D eigenvalue weighted by atomic mass is 9.39. The summed E-state index contributed by atoms with van der Waals surface area (Å²) in [6.45, 7) is 3.26. The molecule has 0 aromatic rings. The van der Waals surface area contributed by atoms with E-state index in [0.29, 0.717) is 19.3 Å². The van der Waals surface area contributed by atoms with Gasteiger partial charge in [0.05, 0.1) is 12.0 Å². The molecule has 0 unspecified atom stereocenters. The Morgan fingerprint density at radius 1 is 1.08 bits per heavy atom. The van der Waals surface area contributed by atoms with Crippen LogP contribution in [0.3, 0.4) is 0 Å². The molecule has 144 valence electrons. The van der Waals surface area contributed by atoms with Gasteiger partial charge >= 0.3 is 5.97 Å². The molecule has 3 N–H and O–H groups in total. The number of aliphatic hydroxyl groups is 3. The molecular formula is C20H28O6. The summed E-state index contributed by atoms with van der Waals surface area (Å²) < 4.78 is 6.16. The molecule has 4 bridgehead atoms. The van der Waals surface area contributed by atoms with Crippen LogP contribution >= 0.6 is 0 Å². The van der Waals surface area contributed by atoms with Crippen molar-refractivity contribution in [2.24, 2.45) is 22.2 Å². The van der Waals surface area contributed by atoms with Crippen LogP contribution in [0.5, 0.6) is 0 Å². The van der Waals surface area contributed by atoms with Crippen molar-refractivity contribution in [1.29, 1.82) is 0 Å². The number of aliphatic hydroxyl groups excluding tert-OH is 1. The maximum atomic E-state index is 13.5. The minimum atomic E-state index is -2.12. The summed E-state index contributed by atoms with van der Waals surface area (Å²) in [4.78, 5) is 26.3. The number of esters is 1. The Kier molecular flexibility index (Phi) is 2.88. The Hall–Kier alpha value is -0.980. The van der Waals surface area contributed by atoms with E-state index < -0.39 is 45.4 Å². The van der Waals surface area contributed by atoms with E-state index in [0.717, 1.165) is 19.3 Å². The average Bonchev–Trinajstić information content (AvgIpc) is 2.82. The van der Waals surface area contributed by atoms with E-state index in [9.17, 15) is 24.9 Å². The smallest absolute Gasteiger partial charge is 0.312 e. The van der Waals surface area contributed by atoms with E-state index in [1.807, 2.05) is 13.8 Å². The van der Waals surface area contributed by atoms with E-state index >= 15 is 0 Å². The number of Topliss-reactive ketones (excluding diaryl/α,β-unsaturated/α-hetero) is 1. The van der Waals surface area contributed by atoms with Gasteiger partial charge in [0.25, 0.3) is 0 Å². The third-order valence-corrected chi connectivity index (χ3v) is 9.61. The van der Waals surface area contributed by atoms with Gasteiger partial charge in [-0.05, 0) is 58.3 Å². The molecule has 5 aliphatic rings. The van der Waals surface area contributed by atoms with Crippen molar-refractivity contribution in [1.82, 2.24) is 0 Å². The summed E-state index contributed by atoms with van der Waals surface area (Å²) in [6.07, 6.45) is 4.55. The zero-order valence-electron chi connectivity index (χ0n) is 15.5. The Labute approximate surface area is 152 Å². The van der Waals surface area contributed by atoms with Gasteiger partial charge in [-0.2, -0.15) is 0 Å². The fraction of sp³-hybridized carbons (Fsp3) is 0.900. The lowest BCUT2D eigenvalue weighted by Gasteiger charge is -2.64. The van der Waals surface area contributed by atoms with Gasteiger partial charge in [0.2, 0.25) is 0 Å². The third kappa shape index (κ3) is 1.35. The summed E-state index contributed by atoms with van der Waals surface area (Å²) in [5, 5.41) is 31.8.